The molecule has 0 aromatic heterocycles. The number of hydrogen-bond donors (Lipinski definition) is 3. The molecular weight excluding hydrogens is 286 g/mol. The van der Waals surface area contributed by atoms with Crippen LogP contribution in [0.2, 0.25) is 0 Å². The number of hydrogen-bond acceptors (Lipinski definition) is 3. The van der Waals surface area contributed by atoms with E-state index in [0.717, 1.165) is 37.7 Å². The highest BCUT2D eigenvalue weighted by molar-refractivity contribution is 5.29. The third-order valence-corrected chi connectivity index (χ3v) is 4.75. The standard InChI is InChI=1S/C20H25NO2/c22-14-19(13-15-5-11-20(23)12-6-15)21-18-9-7-16-3-1-2-4-17(16)8-10-18/h1-6,11-12,18-19,21-23H,7-10,13-14H2/t19-/m1/s1. The zero-order chi connectivity index (χ0) is 16.1. The van der Waals surface area contributed by atoms with Gasteiger partial charge in [0.1, 0.15) is 5.75 Å². The minimum absolute atomic E-state index is 0.0609. The molecule has 3 rings (SSSR count). The number of aryl methyl sites for hydroxylation is 2. The molecule has 1 aliphatic carbocycles. The van der Waals surface area contributed by atoms with Crippen LogP contribution in [0.1, 0.15) is 29.5 Å². The molecule has 3 nitrogen and oxygen atoms in total. The number of aliphatic hydroxyl groups excluding tert-OH is 1. The van der Waals surface area contributed by atoms with Crippen molar-refractivity contribution in [1.29, 1.82) is 0 Å². The lowest BCUT2D eigenvalue weighted by molar-refractivity contribution is 0.226. The summed E-state index contributed by atoms with van der Waals surface area (Å²) >= 11 is 0. The van der Waals surface area contributed by atoms with Gasteiger partial charge >= 0.3 is 0 Å². The molecule has 0 saturated carbocycles. The Morgan fingerprint density at radius 2 is 1.57 bits per heavy atom. The Morgan fingerprint density at radius 1 is 0.957 bits per heavy atom. The maximum absolute atomic E-state index is 9.70. The van der Waals surface area contributed by atoms with Crippen LogP contribution in [0, 0.1) is 0 Å². The third kappa shape index (κ3) is 4.34. The molecule has 0 radical (unpaired) electrons. The number of benzene rings is 2. The number of aliphatic hydroxyl groups is 1. The molecule has 2 aromatic carbocycles. The molecular formula is C20H25NO2. The van der Waals surface area contributed by atoms with Crippen molar-refractivity contribution in [3.8, 4) is 5.75 Å². The monoisotopic (exact) mass is 311 g/mol. The highest BCUT2D eigenvalue weighted by Crippen LogP contribution is 2.21. The molecule has 2 aromatic rings. The Morgan fingerprint density at radius 3 is 2.13 bits per heavy atom. The summed E-state index contributed by atoms with van der Waals surface area (Å²) in [6, 6.07) is 16.4. The predicted octanol–water partition coefficient (Wildman–Crippen LogP) is 2.83. The van der Waals surface area contributed by atoms with E-state index in [0.29, 0.717) is 6.04 Å². The van der Waals surface area contributed by atoms with Crippen LogP contribution >= 0.6 is 0 Å². The van der Waals surface area contributed by atoms with Gasteiger partial charge in [-0.1, -0.05) is 36.4 Å². The molecule has 122 valence electrons. The van der Waals surface area contributed by atoms with Gasteiger partial charge < -0.3 is 15.5 Å². The molecule has 1 atom stereocenters. The summed E-state index contributed by atoms with van der Waals surface area (Å²) in [6.07, 6.45) is 5.21. The Hall–Kier alpha value is -1.84. The summed E-state index contributed by atoms with van der Waals surface area (Å²) < 4.78 is 0. The van der Waals surface area contributed by atoms with E-state index >= 15 is 0 Å². The highest BCUT2D eigenvalue weighted by atomic mass is 16.3. The van der Waals surface area contributed by atoms with E-state index in [1.54, 1.807) is 12.1 Å². The first-order valence-corrected chi connectivity index (χ1v) is 8.46. The molecule has 23 heavy (non-hydrogen) atoms. The molecule has 0 bridgehead atoms. The van der Waals surface area contributed by atoms with Crippen LogP contribution in [0.5, 0.6) is 5.75 Å². The molecule has 0 heterocycles. The second-order valence-corrected chi connectivity index (χ2v) is 6.46. The summed E-state index contributed by atoms with van der Waals surface area (Å²) in [6.45, 7) is 0.129. The number of phenols is 1. The predicted molar refractivity (Wildman–Crippen MR) is 92.7 cm³/mol. The average Bonchev–Trinajstić information content (AvgIpc) is 2.79. The number of phenolic OH excluding ortho intramolecular Hbond substituents is 1. The van der Waals surface area contributed by atoms with E-state index in [-0.39, 0.29) is 18.4 Å². The van der Waals surface area contributed by atoms with E-state index in [1.165, 1.54) is 11.1 Å². The van der Waals surface area contributed by atoms with Crippen molar-refractivity contribution in [2.75, 3.05) is 6.61 Å². The third-order valence-electron chi connectivity index (χ3n) is 4.75. The second kappa shape index (κ2) is 7.62. The lowest BCUT2D eigenvalue weighted by Gasteiger charge is -2.23. The van der Waals surface area contributed by atoms with Crippen molar-refractivity contribution in [1.82, 2.24) is 5.32 Å². The molecule has 0 spiro atoms. The molecule has 0 saturated heterocycles. The summed E-state index contributed by atoms with van der Waals surface area (Å²) in [4.78, 5) is 0. The number of rotatable bonds is 5. The molecule has 0 amide bonds. The van der Waals surface area contributed by atoms with Crippen molar-refractivity contribution >= 4 is 0 Å². The molecule has 0 unspecified atom stereocenters. The Kier molecular flexibility index (Phi) is 5.31. The Balaban J connectivity index is 1.58. The van der Waals surface area contributed by atoms with Crippen LogP contribution in [0.3, 0.4) is 0 Å². The first-order chi connectivity index (χ1) is 11.2. The summed E-state index contributed by atoms with van der Waals surface area (Å²) in [5.41, 5.74) is 4.07. The number of aromatic hydroxyl groups is 1. The maximum atomic E-state index is 9.70. The van der Waals surface area contributed by atoms with Crippen molar-refractivity contribution in [2.45, 2.75) is 44.2 Å². The van der Waals surface area contributed by atoms with Gasteiger partial charge in [0.05, 0.1) is 6.61 Å². The molecule has 0 aliphatic heterocycles. The van der Waals surface area contributed by atoms with E-state index in [9.17, 15) is 10.2 Å². The van der Waals surface area contributed by atoms with E-state index in [1.807, 2.05) is 12.1 Å². The zero-order valence-corrected chi connectivity index (χ0v) is 13.4. The summed E-state index contributed by atoms with van der Waals surface area (Å²) in [5, 5.41) is 22.7. The van der Waals surface area contributed by atoms with Crippen molar-refractivity contribution in [2.24, 2.45) is 0 Å². The van der Waals surface area contributed by atoms with Gasteiger partial charge in [-0.15, -0.1) is 0 Å². The van der Waals surface area contributed by atoms with Gasteiger partial charge in [-0.25, -0.2) is 0 Å². The van der Waals surface area contributed by atoms with Gasteiger partial charge in [0.25, 0.3) is 0 Å². The van der Waals surface area contributed by atoms with Crippen LogP contribution < -0.4 is 5.32 Å². The van der Waals surface area contributed by atoms with Crippen molar-refractivity contribution < 1.29 is 10.2 Å². The van der Waals surface area contributed by atoms with Crippen LogP contribution in [0.15, 0.2) is 48.5 Å². The Bertz CT molecular complexity index is 597. The smallest absolute Gasteiger partial charge is 0.115 e. The minimum Gasteiger partial charge on any atom is -0.508 e. The van der Waals surface area contributed by atoms with Crippen molar-refractivity contribution in [3.63, 3.8) is 0 Å². The van der Waals surface area contributed by atoms with Gasteiger partial charge in [-0.3, -0.25) is 0 Å². The van der Waals surface area contributed by atoms with Gasteiger partial charge in [0, 0.05) is 12.1 Å². The number of nitrogens with one attached hydrogen (secondary N) is 1. The fourth-order valence-corrected chi connectivity index (χ4v) is 3.44. The molecule has 1 aliphatic rings. The molecule has 3 heteroatoms. The highest BCUT2D eigenvalue weighted by Gasteiger charge is 2.19. The molecule has 0 fully saturated rings. The van der Waals surface area contributed by atoms with Crippen molar-refractivity contribution in [3.05, 3.63) is 65.2 Å². The van der Waals surface area contributed by atoms with Crippen LogP contribution in [0.25, 0.3) is 0 Å². The first-order valence-electron chi connectivity index (χ1n) is 8.46. The van der Waals surface area contributed by atoms with Crippen LogP contribution in [0.4, 0.5) is 0 Å². The Labute approximate surface area is 138 Å². The fourth-order valence-electron chi connectivity index (χ4n) is 3.44. The van der Waals surface area contributed by atoms with Gasteiger partial charge in [0.2, 0.25) is 0 Å². The number of fused-ring (bicyclic) bond motifs is 1. The van der Waals surface area contributed by atoms with E-state index < -0.39 is 0 Å². The first kappa shape index (κ1) is 16.0. The normalized spacial score (nSPS) is 16.6. The van der Waals surface area contributed by atoms with Gasteiger partial charge in [-0.2, -0.15) is 0 Å². The average molecular weight is 311 g/mol. The van der Waals surface area contributed by atoms with Gasteiger partial charge in [-0.05, 0) is 60.9 Å². The largest absolute Gasteiger partial charge is 0.508 e. The van der Waals surface area contributed by atoms with Crippen LogP contribution in [-0.2, 0) is 19.3 Å². The summed E-state index contributed by atoms with van der Waals surface area (Å²) in [5.74, 6) is 0.281. The quantitative estimate of drug-likeness (QED) is 0.744. The second-order valence-electron chi connectivity index (χ2n) is 6.46. The van der Waals surface area contributed by atoms with Crippen LogP contribution in [-0.4, -0.2) is 28.9 Å². The van der Waals surface area contributed by atoms with E-state index in [4.69, 9.17) is 0 Å². The summed E-state index contributed by atoms with van der Waals surface area (Å²) in [7, 11) is 0. The van der Waals surface area contributed by atoms with Gasteiger partial charge in [0.15, 0.2) is 0 Å². The topological polar surface area (TPSA) is 52.5 Å². The lowest BCUT2D eigenvalue weighted by atomic mass is 10.0. The lowest BCUT2D eigenvalue weighted by Crippen LogP contribution is -2.42. The SMILES string of the molecule is OC[C@@H](Cc1ccc(O)cc1)NC1CCc2ccccc2CC1. The maximum Gasteiger partial charge on any atom is 0.115 e. The molecule has 3 N–H and O–H groups in total. The fraction of sp³-hybridized carbons (Fsp3) is 0.400. The zero-order valence-electron chi connectivity index (χ0n) is 13.4. The van der Waals surface area contributed by atoms with E-state index in [2.05, 4.69) is 29.6 Å². The minimum atomic E-state index is 0.0609.